The van der Waals surface area contributed by atoms with Gasteiger partial charge in [0.05, 0.1) is 10.3 Å². The lowest BCUT2D eigenvalue weighted by atomic mass is 9.90. The van der Waals surface area contributed by atoms with Crippen molar-refractivity contribution < 1.29 is 23.1 Å². The minimum atomic E-state index is -3.57. The molecule has 3 rings (SSSR count). The zero-order chi connectivity index (χ0) is 19.8. The quantitative estimate of drug-likeness (QED) is 0.845. The molecule has 2 atom stereocenters. The summed E-state index contributed by atoms with van der Waals surface area (Å²) in [6.07, 6.45) is 3.16. The van der Waals surface area contributed by atoms with Crippen molar-refractivity contribution in [3.8, 4) is 0 Å². The number of carbonyl (C=O) groups excluding carboxylic acids is 1. The minimum Gasteiger partial charge on any atom is -0.481 e. The van der Waals surface area contributed by atoms with Crippen LogP contribution in [0.5, 0.6) is 0 Å². The Balaban J connectivity index is 1.75. The molecule has 1 aromatic carbocycles. The Labute approximate surface area is 160 Å². The number of nitrogens with zero attached hydrogens (tertiary/aromatic N) is 2. The molecule has 2 saturated heterocycles. The van der Waals surface area contributed by atoms with Crippen LogP contribution >= 0.6 is 0 Å². The molecule has 2 aliphatic rings. The predicted octanol–water partition coefficient (Wildman–Crippen LogP) is 2.19. The van der Waals surface area contributed by atoms with E-state index in [1.54, 1.807) is 6.92 Å². The van der Waals surface area contributed by atoms with Crippen molar-refractivity contribution in [1.29, 1.82) is 0 Å². The van der Waals surface area contributed by atoms with Gasteiger partial charge in [-0.05, 0) is 57.4 Å². The van der Waals surface area contributed by atoms with E-state index in [1.165, 1.54) is 33.5 Å². The van der Waals surface area contributed by atoms with E-state index in [0.29, 0.717) is 25.1 Å². The average Bonchev–Trinajstić information content (AvgIpc) is 3.05. The Morgan fingerprint density at radius 2 is 1.81 bits per heavy atom. The normalized spacial score (nSPS) is 26.9. The number of hydrogen-bond donors (Lipinski definition) is 1. The third-order valence-electron chi connectivity index (χ3n) is 5.73. The molecular formula is C19H26N2O5S. The number of amides is 1. The van der Waals surface area contributed by atoms with Gasteiger partial charge in [0.15, 0.2) is 0 Å². The molecular weight excluding hydrogens is 368 g/mol. The number of carbonyl (C=O) groups is 2. The third kappa shape index (κ3) is 3.73. The van der Waals surface area contributed by atoms with Gasteiger partial charge in [-0.25, -0.2) is 8.42 Å². The van der Waals surface area contributed by atoms with Gasteiger partial charge in [-0.15, -0.1) is 0 Å². The Morgan fingerprint density at radius 3 is 2.37 bits per heavy atom. The van der Waals surface area contributed by atoms with Gasteiger partial charge in [0.25, 0.3) is 5.91 Å². The number of hydrogen-bond acceptors (Lipinski definition) is 4. The van der Waals surface area contributed by atoms with E-state index in [4.69, 9.17) is 0 Å². The summed E-state index contributed by atoms with van der Waals surface area (Å²) in [4.78, 5) is 25.7. The molecule has 2 heterocycles. The van der Waals surface area contributed by atoms with Crippen molar-refractivity contribution in [2.75, 3.05) is 19.6 Å². The molecule has 8 heteroatoms. The fourth-order valence-corrected chi connectivity index (χ4v) is 5.52. The van der Waals surface area contributed by atoms with E-state index in [1.807, 2.05) is 6.92 Å². The van der Waals surface area contributed by atoms with Crippen LogP contribution in [-0.4, -0.2) is 60.3 Å². The number of likely N-dealkylation sites (tertiary alicyclic amines) is 1. The highest BCUT2D eigenvalue weighted by molar-refractivity contribution is 7.89. The second-order valence-corrected chi connectivity index (χ2v) is 9.72. The highest BCUT2D eigenvalue weighted by Crippen LogP contribution is 2.31. The van der Waals surface area contributed by atoms with Crippen LogP contribution in [0.3, 0.4) is 0 Å². The van der Waals surface area contributed by atoms with E-state index >= 15 is 0 Å². The Morgan fingerprint density at radius 1 is 1.15 bits per heavy atom. The zero-order valence-electron chi connectivity index (χ0n) is 15.7. The molecule has 0 aliphatic carbocycles. The Kier molecular flexibility index (Phi) is 5.31. The van der Waals surface area contributed by atoms with Crippen molar-refractivity contribution in [3.05, 3.63) is 29.8 Å². The van der Waals surface area contributed by atoms with E-state index < -0.39 is 21.4 Å². The van der Waals surface area contributed by atoms with Gasteiger partial charge in [-0.1, -0.05) is 6.42 Å². The number of carboxylic acids is 1. The fourth-order valence-electron chi connectivity index (χ4n) is 3.83. The van der Waals surface area contributed by atoms with Crippen molar-refractivity contribution in [2.45, 2.75) is 50.5 Å². The zero-order valence-corrected chi connectivity index (χ0v) is 16.5. The summed E-state index contributed by atoms with van der Waals surface area (Å²) < 4.78 is 27.3. The molecule has 0 saturated carbocycles. The second kappa shape index (κ2) is 7.24. The van der Waals surface area contributed by atoms with Crippen LogP contribution in [0, 0.1) is 5.41 Å². The number of benzene rings is 1. The van der Waals surface area contributed by atoms with E-state index in [9.17, 15) is 23.1 Å². The maximum atomic E-state index is 12.9. The Hall–Kier alpha value is -1.93. The summed E-state index contributed by atoms with van der Waals surface area (Å²) in [5.74, 6) is -1.18. The first kappa shape index (κ1) is 19.8. The van der Waals surface area contributed by atoms with Crippen LogP contribution < -0.4 is 0 Å². The fraction of sp³-hybridized carbons (Fsp3) is 0.579. The van der Waals surface area contributed by atoms with Crippen molar-refractivity contribution in [1.82, 2.24) is 9.21 Å². The summed E-state index contributed by atoms with van der Waals surface area (Å²) in [7, 11) is -3.57. The molecule has 1 aromatic rings. The van der Waals surface area contributed by atoms with Gasteiger partial charge in [-0.2, -0.15) is 4.31 Å². The summed E-state index contributed by atoms with van der Waals surface area (Å²) in [6.45, 7) is 4.62. The van der Waals surface area contributed by atoms with Gasteiger partial charge >= 0.3 is 5.97 Å². The minimum absolute atomic E-state index is 0.0247. The second-order valence-electron chi connectivity index (χ2n) is 7.83. The molecule has 2 aliphatic heterocycles. The standard InChI is InChI=1S/C19H26N2O5S/c1-14-5-3-4-11-21(14)27(25,26)16-8-6-15(7-9-16)17(22)20-12-10-19(2,13-20)18(23)24/h6-9,14H,3-5,10-13H2,1-2H3,(H,23,24). The molecule has 2 fully saturated rings. The molecule has 1 amide bonds. The monoisotopic (exact) mass is 394 g/mol. The number of rotatable bonds is 4. The maximum Gasteiger partial charge on any atom is 0.311 e. The summed E-state index contributed by atoms with van der Waals surface area (Å²) in [5.41, 5.74) is -0.557. The number of carboxylic acid groups (broad SMARTS) is 1. The third-order valence-corrected chi connectivity index (χ3v) is 7.75. The van der Waals surface area contributed by atoms with Gasteiger partial charge < -0.3 is 10.0 Å². The lowest BCUT2D eigenvalue weighted by Gasteiger charge is -2.32. The van der Waals surface area contributed by atoms with Gasteiger partial charge in [0.1, 0.15) is 0 Å². The maximum absolute atomic E-state index is 12.9. The largest absolute Gasteiger partial charge is 0.481 e. The number of piperidine rings is 1. The SMILES string of the molecule is CC1CCCCN1S(=O)(=O)c1ccc(C(=O)N2CCC(C)(C(=O)O)C2)cc1. The first-order chi connectivity index (χ1) is 12.6. The number of sulfonamides is 1. The van der Waals surface area contributed by atoms with Crippen molar-refractivity contribution in [3.63, 3.8) is 0 Å². The topological polar surface area (TPSA) is 95.0 Å². The molecule has 7 nitrogen and oxygen atoms in total. The lowest BCUT2D eigenvalue weighted by molar-refractivity contribution is -0.147. The summed E-state index contributed by atoms with van der Waals surface area (Å²) in [6, 6.07) is 5.94. The van der Waals surface area contributed by atoms with Crippen LogP contribution in [0.25, 0.3) is 0 Å². The van der Waals surface area contributed by atoms with E-state index in [2.05, 4.69) is 0 Å². The van der Waals surface area contributed by atoms with Crippen LogP contribution in [-0.2, 0) is 14.8 Å². The highest BCUT2D eigenvalue weighted by atomic mass is 32.2. The predicted molar refractivity (Wildman–Crippen MR) is 99.9 cm³/mol. The van der Waals surface area contributed by atoms with Crippen LogP contribution in [0.2, 0.25) is 0 Å². The van der Waals surface area contributed by atoms with Crippen LogP contribution in [0.15, 0.2) is 29.2 Å². The molecule has 0 aromatic heterocycles. The van der Waals surface area contributed by atoms with Crippen LogP contribution in [0.1, 0.15) is 49.9 Å². The number of aliphatic carboxylic acids is 1. The van der Waals surface area contributed by atoms with Crippen molar-refractivity contribution >= 4 is 21.9 Å². The van der Waals surface area contributed by atoms with Gasteiger partial charge in [0.2, 0.25) is 10.0 Å². The Bertz CT molecular complexity index is 836. The molecule has 148 valence electrons. The van der Waals surface area contributed by atoms with Gasteiger partial charge in [0, 0.05) is 31.2 Å². The summed E-state index contributed by atoms with van der Waals surface area (Å²) >= 11 is 0. The first-order valence-corrected chi connectivity index (χ1v) is 10.7. The summed E-state index contributed by atoms with van der Waals surface area (Å²) in [5, 5.41) is 9.30. The smallest absolute Gasteiger partial charge is 0.311 e. The van der Waals surface area contributed by atoms with Crippen LogP contribution in [0.4, 0.5) is 0 Å². The molecule has 2 unspecified atom stereocenters. The first-order valence-electron chi connectivity index (χ1n) is 9.30. The molecule has 0 spiro atoms. The highest BCUT2D eigenvalue weighted by Gasteiger charge is 2.42. The van der Waals surface area contributed by atoms with E-state index in [-0.39, 0.29) is 23.4 Å². The van der Waals surface area contributed by atoms with E-state index in [0.717, 1.165) is 19.3 Å². The molecule has 0 radical (unpaired) electrons. The molecule has 1 N–H and O–H groups in total. The average molecular weight is 394 g/mol. The van der Waals surface area contributed by atoms with Crippen molar-refractivity contribution in [2.24, 2.45) is 5.41 Å². The molecule has 0 bridgehead atoms. The lowest BCUT2D eigenvalue weighted by Crippen LogP contribution is -2.41. The molecule has 27 heavy (non-hydrogen) atoms. The van der Waals surface area contributed by atoms with Gasteiger partial charge in [-0.3, -0.25) is 9.59 Å².